The zero-order chi connectivity index (χ0) is 19.6. The standard InChI is InChI=1S/C20H24Cl2N4O/c1-4-20(2,3)13-6-8-17-15(9-13)18(25-24-17)19(27)26-23-11-12-5-7-14(21)10-16(12)22/h5,7,10-11,13H,4,6,8-9H2,1-3H3,(H,24,25)(H,26,27)/b23-11-/t13-/m0/s1. The minimum Gasteiger partial charge on any atom is -0.281 e. The predicted octanol–water partition coefficient (Wildman–Crippen LogP) is 5.02. The molecular weight excluding hydrogens is 383 g/mol. The first-order chi connectivity index (χ1) is 12.8. The molecule has 0 spiro atoms. The molecule has 0 aliphatic heterocycles. The summed E-state index contributed by atoms with van der Waals surface area (Å²) in [5.41, 5.74) is 5.98. The van der Waals surface area contributed by atoms with Crippen LogP contribution >= 0.6 is 23.2 Å². The molecule has 1 atom stereocenters. The van der Waals surface area contributed by atoms with E-state index in [-0.39, 0.29) is 11.3 Å². The molecule has 1 aromatic carbocycles. The summed E-state index contributed by atoms with van der Waals surface area (Å²) in [6, 6.07) is 5.09. The molecule has 144 valence electrons. The number of benzene rings is 1. The maximum atomic E-state index is 12.6. The fourth-order valence-electron chi connectivity index (χ4n) is 3.46. The number of carbonyl (C=O) groups excluding carboxylic acids is 1. The van der Waals surface area contributed by atoms with Crippen molar-refractivity contribution in [3.63, 3.8) is 0 Å². The zero-order valence-electron chi connectivity index (χ0n) is 15.8. The quantitative estimate of drug-likeness (QED) is 0.540. The molecule has 0 unspecified atom stereocenters. The van der Waals surface area contributed by atoms with Crippen molar-refractivity contribution in [1.82, 2.24) is 15.6 Å². The number of halogens is 2. The number of fused-ring (bicyclic) bond motifs is 1. The van der Waals surface area contributed by atoms with Crippen LogP contribution in [0.25, 0.3) is 0 Å². The van der Waals surface area contributed by atoms with Crippen LogP contribution in [-0.4, -0.2) is 22.3 Å². The first-order valence-electron chi connectivity index (χ1n) is 9.16. The van der Waals surface area contributed by atoms with Crippen LogP contribution in [0.2, 0.25) is 10.0 Å². The Morgan fingerprint density at radius 2 is 2.22 bits per heavy atom. The second kappa shape index (κ2) is 8.03. The van der Waals surface area contributed by atoms with Crippen LogP contribution in [0, 0.1) is 11.3 Å². The normalized spacial score (nSPS) is 17.1. The summed E-state index contributed by atoms with van der Waals surface area (Å²) >= 11 is 12.0. The van der Waals surface area contributed by atoms with Crippen molar-refractivity contribution in [3.05, 3.63) is 50.8 Å². The van der Waals surface area contributed by atoms with Gasteiger partial charge in [-0.25, -0.2) is 5.43 Å². The van der Waals surface area contributed by atoms with E-state index in [1.807, 2.05) is 0 Å². The number of aromatic amines is 1. The Morgan fingerprint density at radius 1 is 1.44 bits per heavy atom. The molecule has 0 bridgehead atoms. The molecule has 2 N–H and O–H groups in total. The lowest BCUT2D eigenvalue weighted by Gasteiger charge is -2.36. The summed E-state index contributed by atoms with van der Waals surface area (Å²) in [6.07, 6.45) is 5.51. The second-order valence-corrected chi connectivity index (χ2v) is 8.52. The van der Waals surface area contributed by atoms with Gasteiger partial charge in [0.15, 0.2) is 5.69 Å². The molecular formula is C20H24Cl2N4O. The van der Waals surface area contributed by atoms with Gasteiger partial charge in [0.05, 0.1) is 11.2 Å². The van der Waals surface area contributed by atoms with E-state index in [2.05, 4.69) is 41.5 Å². The number of amides is 1. The van der Waals surface area contributed by atoms with E-state index in [9.17, 15) is 4.79 Å². The van der Waals surface area contributed by atoms with Crippen molar-refractivity contribution in [2.75, 3.05) is 0 Å². The van der Waals surface area contributed by atoms with E-state index in [1.165, 1.54) is 6.21 Å². The largest absolute Gasteiger partial charge is 0.292 e. The molecule has 5 nitrogen and oxygen atoms in total. The Hall–Kier alpha value is -1.85. The van der Waals surface area contributed by atoms with Crippen LogP contribution in [0.4, 0.5) is 0 Å². The van der Waals surface area contributed by atoms with Crippen molar-refractivity contribution in [2.45, 2.75) is 46.5 Å². The van der Waals surface area contributed by atoms with Crippen LogP contribution in [-0.2, 0) is 12.8 Å². The Kier molecular flexibility index (Phi) is 5.92. The first kappa shape index (κ1) is 19.9. The third kappa shape index (κ3) is 4.36. The van der Waals surface area contributed by atoms with Crippen molar-refractivity contribution < 1.29 is 4.79 Å². The monoisotopic (exact) mass is 406 g/mol. The predicted molar refractivity (Wildman–Crippen MR) is 110 cm³/mol. The van der Waals surface area contributed by atoms with Gasteiger partial charge in [-0.15, -0.1) is 0 Å². The van der Waals surface area contributed by atoms with Gasteiger partial charge in [0, 0.05) is 21.8 Å². The Morgan fingerprint density at radius 3 is 2.93 bits per heavy atom. The van der Waals surface area contributed by atoms with Gasteiger partial charge in [0.1, 0.15) is 0 Å². The van der Waals surface area contributed by atoms with Crippen molar-refractivity contribution in [1.29, 1.82) is 0 Å². The number of hydrogen-bond acceptors (Lipinski definition) is 3. The molecule has 1 aromatic heterocycles. The van der Waals surface area contributed by atoms with E-state index in [4.69, 9.17) is 23.2 Å². The second-order valence-electron chi connectivity index (χ2n) is 7.68. The summed E-state index contributed by atoms with van der Waals surface area (Å²) in [7, 11) is 0. The van der Waals surface area contributed by atoms with E-state index in [0.29, 0.717) is 27.2 Å². The number of hydrogen-bond donors (Lipinski definition) is 2. The zero-order valence-corrected chi connectivity index (χ0v) is 17.3. The number of aromatic nitrogens is 2. The molecule has 1 heterocycles. The molecule has 1 amide bonds. The van der Waals surface area contributed by atoms with Crippen molar-refractivity contribution >= 4 is 35.3 Å². The molecule has 27 heavy (non-hydrogen) atoms. The number of H-pyrrole nitrogens is 1. The molecule has 2 aromatic rings. The minimum absolute atomic E-state index is 0.242. The van der Waals surface area contributed by atoms with Crippen LogP contribution in [0.5, 0.6) is 0 Å². The molecule has 1 aliphatic rings. The maximum absolute atomic E-state index is 12.6. The maximum Gasteiger partial charge on any atom is 0.292 e. The van der Waals surface area contributed by atoms with E-state index < -0.39 is 0 Å². The average molecular weight is 407 g/mol. The first-order valence-corrected chi connectivity index (χ1v) is 9.92. The summed E-state index contributed by atoms with van der Waals surface area (Å²) < 4.78 is 0. The van der Waals surface area contributed by atoms with Crippen LogP contribution in [0.15, 0.2) is 23.3 Å². The van der Waals surface area contributed by atoms with Gasteiger partial charge in [0.2, 0.25) is 0 Å². The Bertz CT molecular complexity index is 873. The van der Waals surface area contributed by atoms with E-state index >= 15 is 0 Å². The number of hydrazone groups is 1. The number of nitrogens with zero attached hydrogens (tertiary/aromatic N) is 2. The summed E-state index contributed by atoms with van der Waals surface area (Å²) in [5, 5.41) is 12.3. The number of rotatable bonds is 5. The summed E-state index contributed by atoms with van der Waals surface area (Å²) in [6.45, 7) is 6.81. The van der Waals surface area contributed by atoms with Gasteiger partial charge in [-0.1, -0.05) is 56.5 Å². The SMILES string of the molecule is CCC(C)(C)[C@H]1CCc2[nH]nc(C(=O)N/N=C\c3ccc(Cl)cc3Cl)c2C1. The van der Waals surface area contributed by atoms with E-state index in [0.717, 1.165) is 36.9 Å². The van der Waals surface area contributed by atoms with Gasteiger partial charge >= 0.3 is 0 Å². The van der Waals surface area contributed by atoms with Gasteiger partial charge in [-0.3, -0.25) is 9.89 Å². The number of aryl methyl sites for hydroxylation is 1. The Balaban J connectivity index is 1.72. The fraction of sp³-hybridized carbons (Fsp3) is 0.450. The fourth-order valence-corrected chi connectivity index (χ4v) is 3.92. The lowest BCUT2D eigenvalue weighted by molar-refractivity contribution is 0.0947. The Labute approximate surface area is 169 Å². The lowest BCUT2D eigenvalue weighted by Crippen LogP contribution is -2.30. The molecule has 0 saturated heterocycles. The van der Waals surface area contributed by atoms with Gasteiger partial charge < -0.3 is 0 Å². The minimum atomic E-state index is -0.316. The van der Waals surface area contributed by atoms with Crippen LogP contribution < -0.4 is 5.43 Å². The summed E-state index contributed by atoms with van der Waals surface area (Å²) in [5.74, 6) is 0.222. The molecule has 7 heteroatoms. The van der Waals surface area contributed by atoms with Crippen LogP contribution in [0.3, 0.4) is 0 Å². The lowest BCUT2D eigenvalue weighted by atomic mass is 9.69. The van der Waals surface area contributed by atoms with Gasteiger partial charge in [-0.05, 0) is 42.7 Å². The highest BCUT2D eigenvalue weighted by Crippen LogP contribution is 2.40. The molecule has 0 fully saturated rings. The van der Waals surface area contributed by atoms with Gasteiger partial charge in [-0.2, -0.15) is 10.2 Å². The van der Waals surface area contributed by atoms with Gasteiger partial charge in [0.25, 0.3) is 5.91 Å². The highest BCUT2D eigenvalue weighted by molar-refractivity contribution is 6.36. The molecule has 0 saturated carbocycles. The van der Waals surface area contributed by atoms with Crippen LogP contribution in [0.1, 0.15) is 60.9 Å². The topological polar surface area (TPSA) is 70.1 Å². The summed E-state index contributed by atoms with van der Waals surface area (Å²) in [4.78, 5) is 12.6. The number of nitrogens with one attached hydrogen (secondary N) is 2. The van der Waals surface area contributed by atoms with Crippen molar-refractivity contribution in [2.24, 2.45) is 16.4 Å². The number of carbonyl (C=O) groups is 1. The smallest absolute Gasteiger partial charge is 0.281 e. The molecule has 0 radical (unpaired) electrons. The highest BCUT2D eigenvalue weighted by atomic mass is 35.5. The third-order valence-corrected chi connectivity index (χ3v) is 6.27. The molecule has 3 rings (SSSR count). The van der Waals surface area contributed by atoms with E-state index in [1.54, 1.807) is 18.2 Å². The van der Waals surface area contributed by atoms with Crippen molar-refractivity contribution in [3.8, 4) is 0 Å². The molecule has 1 aliphatic carbocycles. The highest BCUT2D eigenvalue weighted by Gasteiger charge is 2.34. The third-order valence-electron chi connectivity index (χ3n) is 5.71. The average Bonchev–Trinajstić information content (AvgIpc) is 3.06.